The zero-order valence-electron chi connectivity index (χ0n) is 6.28. The third kappa shape index (κ3) is 2.42. The molecule has 0 atom stereocenters. The minimum absolute atomic E-state index is 0.0330. The van der Waals surface area contributed by atoms with Crippen LogP contribution >= 0.6 is 39.1 Å². The van der Waals surface area contributed by atoms with Crippen molar-refractivity contribution in [3.8, 4) is 0 Å². The minimum Gasteiger partial charge on any atom is -0.293 e. The summed E-state index contributed by atoms with van der Waals surface area (Å²) in [5.74, 6) is -1.10. The van der Waals surface area contributed by atoms with Crippen LogP contribution in [-0.2, 0) is 0 Å². The van der Waals surface area contributed by atoms with Crippen molar-refractivity contribution in [3.05, 3.63) is 33.6 Å². The molecule has 1 rings (SSSR count). The number of hydrogen-bond donors (Lipinski definition) is 0. The van der Waals surface area contributed by atoms with E-state index >= 15 is 0 Å². The molecule has 0 heterocycles. The molecule has 1 aromatic carbocycles. The van der Waals surface area contributed by atoms with Crippen molar-refractivity contribution in [3.63, 3.8) is 0 Å². The van der Waals surface area contributed by atoms with Gasteiger partial charge in [-0.15, -0.1) is 0 Å². The Hall–Kier alpha value is -0.120. The highest BCUT2D eigenvalue weighted by molar-refractivity contribution is 9.09. The Bertz CT molecular complexity index is 331. The summed E-state index contributed by atoms with van der Waals surface area (Å²) in [5.41, 5.74) is -0.122. The van der Waals surface area contributed by atoms with Crippen molar-refractivity contribution in [2.24, 2.45) is 0 Å². The molecule has 0 N–H and O–H groups in total. The maximum Gasteiger partial charge on any atom is 0.177 e. The normalized spacial score (nSPS) is 10.2. The average molecular weight is 286 g/mol. The van der Waals surface area contributed by atoms with Crippen molar-refractivity contribution in [2.45, 2.75) is 0 Å². The number of carbonyl (C=O) groups is 1. The lowest BCUT2D eigenvalue weighted by atomic mass is 10.1. The smallest absolute Gasteiger partial charge is 0.177 e. The highest BCUT2D eigenvalue weighted by Gasteiger charge is 2.15. The summed E-state index contributed by atoms with van der Waals surface area (Å²) in [5, 5.41) is 0.244. The first-order valence-electron chi connectivity index (χ1n) is 3.30. The molecule has 0 saturated carbocycles. The van der Waals surface area contributed by atoms with Crippen LogP contribution in [0, 0.1) is 5.82 Å². The first kappa shape index (κ1) is 11.0. The molecule has 70 valence electrons. The van der Waals surface area contributed by atoms with Crippen LogP contribution in [-0.4, -0.2) is 11.1 Å². The minimum atomic E-state index is -0.693. The summed E-state index contributed by atoms with van der Waals surface area (Å²) in [6, 6.07) is 2.39. The van der Waals surface area contributed by atoms with Crippen molar-refractivity contribution in [2.75, 3.05) is 5.33 Å². The molecule has 0 aliphatic carbocycles. The molecule has 0 unspecified atom stereocenters. The fourth-order valence-corrected chi connectivity index (χ4v) is 1.73. The Morgan fingerprint density at radius 1 is 1.46 bits per heavy atom. The van der Waals surface area contributed by atoms with Gasteiger partial charge in [0.15, 0.2) is 5.78 Å². The SMILES string of the molecule is O=C(CBr)c1c(F)cc(Cl)cc1Cl. The van der Waals surface area contributed by atoms with Gasteiger partial charge >= 0.3 is 0 Å². The first-order chi connectivity index (χ1) is 6.06. The molecule has 0 amide bonds. The predicted octanol–water partition coefficient (Wildman–Crippen LogP) is 3.71. The number of hydrogen-bond acceptors (Lipinski definition) is 1. The molecule has 0 fully saturated rings. The van der Waals surface area contributed by atoms with Gasteiger partial charge in [0.2, 0.25) is 0 Å². The van der Waals surface area contributed by atoms with Gasteiger partial charge in [0, 0.05) is 5.02 Å². The number of carbonyl (C=O) groups excluding carboxylic acids is 1. The molecule has 0 bridgehead atoms. The zero-order valence-corrected chi connectivity index (χ0v) is 9.38. The van der Waals surface area contributed by atoms with Crippen LogP contribution in [0.5, 0.6) is 0 Å². The number of Topliss-reactive ketones (excluding diaryl/α,β-unsaturated/α-hetero) is 1. The van der Waals surface area contributed by atoms with Gasteiger partial charge in [-0.3, -0.25) is 4.79 Å². The van der Waals surface area contributed by atoms with Gasteiger partial charge in [-0.05, 0) is 12.1 Å². The molecule has 0 aliphatic rings. The molecule has 13 heavy (non-hydrogen) atoms. The van der Waals surface area contributed by atoms with Crippen LogP contribution < -0.4 is 0 Å². The van der Waals surface area contributed by atoms with Crippen molar-refractivity contribution >= 4 is 44.9 Å². The van der Waals surface area contributed by atoms with Gasteiger partial charge in [0.1, 0.15) is 5.82 Å². The highest BCUT2D eigenvalue weighted by Crippen LogP contribution is 2.25. The molecule has 0 saturated heterocycles. The van der Waals surface area contributed by atoms with Gasteiger partial charge in [0.05, 0.1) is 15.9 Å². The molecule has 1 nitrogen and oxygen atoms in total. The fraction of sp³-hybridized carbons (Fsp3) is 0.125. The number of alkyl halides is 1. The molecule has 1 aromatic rings. The maximum absolute atomic E-state index is 13.1. The Labute approximate surface area is 93.0 Å². The molecule has 0 aliphatic heterocycles. The van der Waals surface area contributed by atoms with E-state index in [4.69, 9.17) is 23.2 Å². The van der Waals surface area contributed by atoms with Crippen LogP contribution in [0.1, 0.15) is 10.4 Å². The Morgan fingerprint density at radius 3 is 2.54 bits per heavy atom. The van der Waals surface area contributed by atoms with E-state index in [1.165, 1.54) is 6.07 Å². The molecule has 5 heteroatoms. The van der Waals surface area contributed by atoms with E-state index in [-0.39, 0.29) is 20.9 Å². The van der Waals surface area contributed by atoms with E-state index in [2.05, 4.69) is 15.9 Å². The lowest BCUT2D eigenvalue weighted by Gasteiger charge is -2.02. The summed E-state index contributed by atoms with van der Waals surface area (Å²) in [6.45, 7) is 0. The first-order valence-corrected chi connectivity index (χ1v) is 5.17. The van der Waals surface area contributed by atoms with Gasteiger partial charge in [-0.2, -0.15) is 0 Å². The van der Waals surface area contributed by atoms with Crippen molar-refractivity contribution in [1.29, 1.82) is 0 Å². The number of ketones is 1. The Balaban J connectivity index is 3.28. The van der Waals surface area contributed by atoms with Crippen LogP contribution in [0.4, 0.5) is 4.39 Å². The number of benzene rings is 1. The van der Waals surface area contributed by atoms with Gasteiger partial charge in [-0.1, -0.05) is 39.1 Å². The molecule has 0 radical (unpaired) electrons. The van der Waals surface area contributed by atoms with Crippen LogP contribution in [0.3, 0.4) is 0 Å². The monoisotopic (exact) mass is 284 g/mol. The third-order valence-corrected chi connectivity index (χ3v) is 2.43. The number of rotatable bonds is 2. The second-order valence-corrected chi connectivity index (χ2v) is 3.71. The molecular formula is C8H4BrCl2FO. The van der Waals surface area contributed by atoms with Gasteiger partial charge in [0.25, 0.3) is 0 Å². The van der Waals surface area contributed by atoms with E-state index in [1.54, 1.807) is 0 Å². The number of halogens is 4. The second-order valence-electron chi connectivity index (χ2n) is 2.30. The van der Waals surface area contributed by atoms with Crippen LogP contribution in [0.25, 0.3) is 0 Å². The third-order valence-electron chi connectivity index (χ3n) is 1.41. The molecular weight excluding hydrogens is 282 g/mol. The Kier molecular flexibility index (Phi) is 3.71. The van der Waals surface area contributed by atoms with Crippen LogP contribution in [0.2, 0.25) is 10.0 Å². The van der Waals surface area contributed by atoms with Crippen molar-refractivity contribution < 1.29 is 9.18 Å². The summed E-state index contributed by atoms with van der Waals surface area (Å²) in [7, 11) is 0. The highest BCUT2D eigenvalue weighted by atomic mass is 79.9. The van der Waals surface area contributed by atoms with Gasteiger partial charge in [-0.25, -0.2) is 4.39 Å². The fourth-order valence-electron chi connectivity index (χ4n) is 0.875. The largest absolute Gasteiger partial charge is 0.293 e. The van der Waals surface area contributed by atoms with Crippen LogP contribution in [0.15, 0.2) is 12.1 Å². The lowest BCUT2D eigenvalue weighted by Crippen LogP contribution is -2.04. The summed E-state index contributed by atoms with van der Waals surface area (Å²) in [4.78, 5) is 11.2. The average Bonchev–Trinajstić information content (AvgIpc) is 2.02. The topological polar surface area (TPSA) is 17.1 Å². The predicted molar refractivity (Wildman–Crippen MR) is 54.5 cm³/mol. The summed E-state index contributed by atoms with van der Waals surface area (Å²) in [6.07, 6.45) is 0. The second kappa shape index (κ2) is 4.40. The van der Waals surface area contributed by atoms with E-state index in [0.717, 1.165) is 6.07 Å². The van der Waals surface area contributed by atoms with Gasteiger partial charge < -0.3 is 0 Å². The van der Waals surface area contributed by atoms with Crippen molar-refractivity contribution in [1.82, 2.24) is 0 Å². The van der Waals surface area contributed by atoms with E-state index < -0.39 is 11.6 Å². The standard InChI is InChI=1S/C8H4BrCl2FO/c9-3-7(13)8-5(11)1-4(10)2-6(8)12/h1-2H,3H2. The lowest BCUT2D eigenvalue weighted by molar-refractivity contribution is 0.102. The maximum atomic E-state index is 13.1. The summed E-state index contributed by atoms with van der Waals surface area (Å²) >= 11 is 14.1. The van der Waals surface area contributed by atoms with E-state index in [0.29, 0.717) is 0 Å². The zero-order chi connectivity index (χ0) is 10.0. The van der Waals surface area contributed by atoms with E-state index in [1.807, 2.05) is 0 Å². The molecule has 0 aromatic heterocycles. The molecule has 0 spiro atoms. The Morgan fingerprint density at radius 2 is 2.08 bits per heavy atom. The van der Waals surface area contributed by atoms with E-state index in [9.17, 15) is 9.18 Å². The quantitative estimate of drug-likeness (QED) is 0.598. The summed E-state index contributed by atoms with van der Waals surface area (Å²) < 4.78 is 13.1.